The van der Waals surface area contributed by atoms with Crippen LogP contribution < -0.4 is 10.1 Å². The zero-order chi connectivity index (χ0) is 15.2. The third kappa shape index (κ3) is 4.87. The van der Waals surface area contributed by atoms with E-state index in [9.17, 15) is 0 Å². The molecule has 112 valence electrons. The second-order valence-corrected chi connectivity index (χ2v) is 5.73. The van der Waals surface area contributed by atoms with Gasteiger partial charge in [0.05, 0.1) is 11.9 Å². The number of ether oxygens (including phenoxy) is 1. The molecular formula is C18H24N2O. The van der Waals surface area contributed by atoms with Crippen LogP contribution in [0.25, 0.3) is 0 Å². The summed E-state index contributed by atoms with van der Waals surface area (Å²) in [6.07, 6.45) is 1.79. The Morgan fingerprint density at radius 2 is 1.90 bits per heavy atom. The van der Waals surface area contributed by atoms with Crippen molar-refractivity contribution in [1.82, 2.24) is 10.3 Å². The number of nitrogens with one attached hydrogen (secondary N) is 1. The fourth-order valence-corrected chi connectivity index (χ4v) is 1.97. The number of rotatable bonds is 6. The molecule has 3 nitrogen and oxygen atoms in total. The summed E-state index contributed by atoms with van der Waals surface area (Å²) in [4.78, 5) is 4.41. The second-order valence-electron chi connectivity index (χ2n) is 5.73. The van der Waals surface area contributed by atoms with E-state index in [-0.39, 0.29) is 0 Å². The summed E-state index contributed by atoms with van der Waals surface area (Å²) in [7, 11) is 0. The lowest BCUT2D eigenvalue weighted by Gasteiger charge is -2.10. The molecule has 0 saturated carbocycles. The molecule has 1 heterocycles. The summed E-state index contributed by atoms with van der Waals surface area (Å²) in [6.45, 7) is 9.86. The average Bonchev–Trinajstić information content (AvgIpc) is 2.47. The third-order valence-electron chi connectivity index (χ3n) is 3.47. The van der Waals surface area contributed by atoms with Crippen LogP contribution in [0, 0.1) is 13.8 Å². The zero-order valence-electron chi connectivity index (χ0n) is 13.3. The van der Waals surface area contributed by atoms with Gasteiger partial charge in [0.15, 0.2) is 0 Å². The van der Waals surface area contributed by atoms with Crippen molar-refractivity contribution < 1.29 is 4.74 Å². The van der Waals surface area contributed by atoms with Crippen molar-refractivity contribution >= 4 is 0 Å². The highest BCUT2D eigenvalue weighted by Crippen LogP contribution is 2.14. The minimum absolute atomic E-state index is 0.465. The fraction of sp³-hybridized carbons (Fsp3) is 0.389. The van der Waals surface area contributed by atoms with E-state index in [0.717, 1.165) is 18.0 Å². The number of hydrogen-bond donors (Lipinski definition) is 1. The predicted molar refractivity (Wildman–Crippen MR) is 86.5 cm³/mol. The molecule has 2 aromatic rings. The molecule has 0 atom stereocenters. The van der Waals surface area contributed by atoms with Gasteiger partial charge in [-0.3, -0.25) is 4.98 Å². The van der Waals surface area contributed by atoms with E-state index in [1.807, 2.05) is 12.1 Å². The van der Waals surface area contributed by atoms with Gasteiger partial charge in [0.25, 0.3) is 0 Å². The maximum Gasteiger partial charge on any atom is 0.138 e. The summed E-state index contributed by atoms with van der Waals surface area (Å²) in [5, 5.41) is 3.35. The molecule has 3 heteroatoms. The van der Waals surface area contributed by atoms with Crippen molar-refractivity contribution in [1.29, 1.82) is 0 Å². The van der Waals surface area contributed by atoms with Crippen LogP contribution in [0.4, 0.5) is 0 Å². The highest BCUT2D eigenvalue weighted by molar-refractivity contribution is 5.30. The van der Waals surface area contributed by atoms with E-state index in [4.69, 9.17) is 4.74 Å². The van der Waals surface area contributed by atoms with E-state index in [0.29, 0.717) is 12.6 Å². The summed E-state index contributed by atoms with van der Waals surface area (Å²) in [5.74, 6) is 0.807. The van der Waals surface area contributed by atoms with Crippen molar-refractivity contribution in [2.45, 2.75) is 46.9 Å². The maximum atomic E-state index is 5.78. The first-order chi connectivity index (χ1) is 10.0. The Kier molecular flexibility index (Phi) is 5.34. The van der Waals surface area contributed by atoms with E-state index in [2.05, 4.69) is 56.2 Å². The smallest absolute Gasteiger partial charge is 0.138 e. The highest BCUT2D eigenvalue weighted by Gasteiger charge is 2.01. The first-order valence-corrected chi connectivity index (χ1v) is 7.42. The van der Waals surface area contributed by atoms with Gasteiger partial charge in [0, 0.05) is 12.6 Å². The summed E-state index contributed by atoms with van der Waals surface area (Å²) in [5.41, 5.74) is 4.82. The minimum atomic E-state index is 0.465. The van der Waals surface area contributed by atoms with Crippen LogP contribution >= 0.6 is 0 Å². The van der Waals surface area contributed by atoms with Crippen molar-refractivity contribution in [3.63, 3.8) is 0 Å². The predicted octanol–water partition coefficient (Wildman–Crippen LogP) is 3.78. The second kappa shape index (κ2) is 7.23. The lowest BCUT2D eigenvalue weighted by atomic mass is 10.1. The molecule has 0 aliphatic carbocycles. The molecular weight excluding hydrogens is 260 g/mol. The molecule has 1 aromatic carbocycles. The van der Waals surface area contributed by atoms with E-state index < -0.39 is 0 Å². The molecule has 0 aliphatic heterocycles. The van der Waals surface area contributed by atoms with Crippen molar-refractivity contribution in [3.05, 3.63) is 58.9 Å². The van der Waals surface area contributed by atoms with E-state index >= 15 is 0 Å². The molecule has 1 aromatic heterocycles. The number of benzene rings is 1. The summed E-state index contributed by atoms with van der Waals surface area (Å²) in [6, 6.07) is 10.9. The Bertz CT molecular complexity index is 576. The molecule has 0 aliphatic rings. The van der Waals surface area contributed by atoms with Gasteiger partial charge < -0.3 is 10.1 Å². The van der Waals surface area contributed by atoms with Gasteiger partial charge in [-0.05, 0) is 42.7 Å². The molecule has 0 unspecified atom stereocenters. The normalized spacial score (nSPS) is 10.9. The Morgan fingerprint density at radius 1 is 1.10 bits per heavy atom. The van der Waals surface area contributed by atoms with Gasteiger partial charge in [-0.25, -0.2) is 0 Å². The third-order valence-corrected chi connectivity index (χ3v) is 3.47. The monoisotopic (exact) mass is 284 g/mol. The Labute approximate surface area is 127 Å². The summed E-state index contributed by atoms with van der Waals surface area (Å²) < 4.78 is 5.78. The number of nitrogens with zero attached hydrogens (tertiary/aromatic N) is 1. The van der Waals surface area contributed by atoms with Crippen LogP contribution in [-0.4, -0.2) is 11.0 Å². The van der Waals surface area contributed by atoms with Gasteiger partial charge >= 0.3 is 0 Å². The SMILES string of the molecule is Cc1ccc(COc2ccc(CNC(C)C)nc2)cc1C. The Morgan fingerprint density at radius 3 is 2.52 bits per heavy atom. The highest BCUT2D eigenvalue weighted by atomic mass is 16.5. The van der Waals surface area contributed by atoms with Gasteiger partial charge in [-0.1, -0.05) is 32.0 Å². The molecule has 0 fully saturated rings. The Hall–Kier alpha value is -1.87. The first kappa shape index (κ1) is 15.5. The number of pyridine rings is 1. The van der Waals surface area contributed by atoms with Crippen molar-refractivity contribution in [2.75, 3.05) is 0 Å². The van der Waals surface area contributed by atoms with Crippen LogP contribution in [0.3, 0.4) is 0 Å². The van der Waals surface area contributed by atoms with Crippen LogP contribution in [0.1, 0.15) is 36.2 Å². The molecule has 0 radical (unpaired) electrons. The standard InChI is InChI=1S/C18H24N2O/c1-13(2)19-10-17-7-8-18(11-20-17)21-12-16-6-5-14(3)15(4)9-16/h5-9,11,13,19H,10,12H2,1-4H3. The van der Waals surface area contributed by atoms with Crippen molar-refractivity contribution in [3.8, 4) is 5.75 Å². The average molecular weight is 284 g/mol. The molecule has 0 saturated heterocycles. The molecule has 1 N–H and O–H groups in total. The minimum Gasteiger partial charge on any atom is -0.487 e. The topological polar surface area (TPSA) is 34.1 Å². The molecule has 2 rings (SSSR count). The Balaban J connectivity index is 1.89. The van der Waals surface area contributed by atoms with Gasteiger partial charge in [0.1, 0.15) is 12.4 Å². The lowest BCUT2D eigenvalue weighted by molar-refractivity contribution is 0.304. The largest absolute Gasteiger partial charge is 0.487 e. The van der Waals surface area contributed by atoms with Crippen LogP contribution in [0.5, 0.6) is 5.75 Å². The number of aromatic nitrogens is 1. The molecule has 0 amide bonds. The van der Waals surface area contributed by atoms with Crippen LogP contribution in [0.2, 0.25) is 0 Å². The zero-order valence-corrected chi connectivity index (χ0v) is 13.3. The quantitative estimate of drug-likeness (QED) is 0.876. The fourth-order valence-electron chi connectivity index (χ4n) is 1.97. The summed E-state index contributed by atoms with van der Waals surface area (Å²) >= 11 is 0. The number of aryl methyl sites for hydroxylation is 2. The molecule has 0 bridgehead atoms. The van der Waals surface area contributed by atoms with E-state index in [1.165, 1.54) is 16.7 Å². The maximum absolute atomic E-state index is 5.78. The van der Waals surface area contributed by atoms with Crippen molar-refractivity contribution in [2.24, 2.45) is 0 Å². The van der Waals surface area contributed by atoms with Gasteiger partial charge in [0.2, 0.25) is 0 Å². The van der Waals surface area contributed by atoms with Crippen LogP contribution in [0.15, 0.2) is 36.5 Å². The van der Waals surface area contributed by atoms with Gasteiger partial charge in [-0.15, -0.1) is 0 Å². The molecule has 21 heavy (non-hydrogen) atoms. The first-order valence-electron chi connectivity index (χ1n) is 7.42. The lowest BCUT2D eigenvalue weighted by Crippen LogP contribution is -2.22. The van der Waals surface area contributed by atoms with Gasteiger partial charge in [-0.2, -0.15) is 0 Å². The molecule has 0 spiro atoms. The van der Waals surface area contributed by atoms with E-state index in [1.54, 1.807) is 6.20 Å². The van der Waals surface area contributed by atoms with Crippen LogP contribution in [-0.2, 0) is 13.2 Å². The number of hydrogen-bond acceptors (Lipinski definition) is 3.